The average Bonchev–Trinajstić information content (AvgIpc) is 2.82. The molecule has 0 fully saturated rings. The lowest BCUT2D eigenvalue weighted by Gasteiger charge is -2.19. The molecular weight excluding hydrogens is 281 g/mol. The zero-order valence-electron chi connectivity index (χ0n) is 11.7. The van der Waals surface area contributed by atoms with Crippen molar-refractivity contribution in [2.45, 2.75) is 19.5 Å². The van der Waals surface area contributed by atoms with Crippen LogP contribution in [0.25, 0.3) is 0 Å². The van der Waals surface area contributed by atoms with E-state index >= 15 is 0 Å². The Hall–Kier alpha value is -1.59. The molecule has 0 bridgehead atoms. The van der Waals surface area contributed by atoms with Gasteiger partial charge in [0.05, 0.1) is 30.1 Å². The number of nitrogens with one attached hydrogen (secondary N) is 1. The van der Waals surface area contributed by atoms with Crippen LogP contribution in [0.3, 0.4) is 0 Å². The lowest BCUT2D eigenvalue weighted by molar-refractivity contribution is 0.410. The summed E-state index contributed by atoms with van der Waals surface area (Å²) >= 11 is 6.19. The fourth-order valence-electron chi connectivity index (χ4n) is 2.22. The van der Waals surface area contributed by atoms with Crippen molar-refractivity contribution in [3.05, 3.63) is 46.5 Å². The molecule has 108 valence electrons. The van der Waals surface area contributed by atoms with E-state index in [4.69, 9.17) is 16.3 Å². The van der Waals surface area contributed by atoms with Crippen LogP contribution in [-0.2, 0) is 6.54 Å². The summed E-state index contributed by atoms with van der Waals surface area (Å²) in [6, 6.07) is 4.42. The molecule has 1 N–H and O–H groups in total. The van der Waals surface area contributed by atoms with Crippen molar-refractivity contribution in [1.29, 1.82) is 0 Å². The molecule has 20 heavy (non-hydrogen) atoms. The Morgan fingerprint density at radius 1 is 1.50 bits per heavy atom. The number of ether oxygens (including phenoxy) is 1. The van der Waals surface area contributed by atoms with E-state index in [1.165, 1.54) is 13.2 Å². The minimum absolute atomic E-state index is 0.344. The first-order chi connectivity index (χ1) is 9.62. The van der Waals surface area contributed by atoms with Gasteiger partial charge in [-0.05, 0) is 20.0 Å². The van der Waals surface area contributed by atoms with Gasteiger partial charge in [-0.1, -0.05) is 17.7 Å². The van der Waals surface area contributed by atoms with Crippen LogP contribution < -0.4 is 10.1 Å². The number of nitrogens with zero attached hydrogens (tertiary/aromatic N) is 2. The number of hydrogen-bond acceptors (Lipinski definition) is 3. The van der Waals surface area contributed by atoms with Gasteiger partial charge in [0.1, 0.15) is 11.6 Å². The lowest BCUT2D eigenvalue weighted by Crippen LogP contribution is -2.22. The third-order valence-corrected chi connectivity index (χ3v) is 3.50. The summed E-state index contributed by atoms with van der Waals surface area (Å²) in [5, 5.41) is 7.79. The molecule has 1 aromatic heterocycles. The molecule has 6 heteroatoms. The average molecular weight is 298 g/mol. The number of aromatic nitrogens is 2. The molecule has 1 heterocycles. The van der Waals surface area contributed by atoms with Gasteiger partial charge in [0.25, 0.3) is 0 Å². The summed E-state index contributed by atoms with van der Waals surface area (Å²) in [6.45, 7) is 2.63. The quantitative estimate of drug-likeness (QED) is 0.922. The Kier molecular flexibility index (Phi) is 4.62. The Bertz CT molecular complexity index is 600. The molecule has 4 nitrogen and oxygen atoms in total. The highest BCUT2D eigenvalue weighted by molar-refractivity contribution is 6.31. The third-order valence-electron chi connectivity index (χ3n) is 3.21. The van der Waals surface area contributed by atoms with Gasteiger partial charge in [0.2, 0.25) is 0 Å². The summed E-state index contributed by atoms with van der Waals surface area (Å²) in [4.78, 5) is 0. The minimum Gasteiger partial charge on any atom is -0.497 e. The smallest absolute Gasteiger partial charge is 0.132 e. The Morgan fingerprint density at radius 3 is 2.80 bits per heavy atom. The first kappa shape index (κ1) is 14.8. The molecule has 0 saturated heterocycles. The van der Waals surface area contributed by atoms with Gasteiger partial charge in [0, 0.05) is 18.2 Å². The van der Waals surface area contributed by atoms with Crippen LogP contribution in [0.15, 0.2) is 24.4 Å². The van der Waals surface area contributed by atoms with E-state index in [-0.39, 0.29) is 11.9 Å². The molecule has 2 aromatic rings. The summed E-state index contributed by atoms with van der Waals surface area (Å²) in [5.74, 6) is 0.139. The van der Waals surface area contributed by atoms with Gasteiger partial charge < -0.3 is 10.1 Å². The highest BCUT2D eigenvalue weighted by Crippen LogP contribution is 2.31. The number of rotatable bonds is 5. The van der Waals surface area contributed by atoms with Crippen LogP contribution in [0.4, 0.5) is 4.39 Å². The van der Waals surface area contributed by atoms with E-state index in [1.54, 1.807) is 30.1 Å². The molecule has 0 aliphatic rings. The van der Waals surface area contributed by atoms with Crippen molar-refractivity contribution in [3.63, 3.8) is 0 Å². The van der Waals surface area contributed by atoms with Gasteiger partial charge in [-0.3, -0.25) is 4.68 Å². The van der Waals surface area contributed by atoms with Crippen LogP contribution in [0.1, 0.15) is 24.2 Å². The molecule has 1 aromatic carbocycles. The lowest BCUT2D eigenvalue weighted by atomic mass is 10.0. The number of halogens is 2. The summed E-state index contributed by atoms with van der Waals surface area (Å²) in [6.07, 6.45) is 1.58. The highest BCUT2D eigenvalue weighted by atomic mass is 35.5. The Labute approximate surface area is 122 Å². The molecule has 2 rings (SSSR count). The maximum absolute atomic E-state index is 14.2. The van der Waals surface area contributed by atoms with E-state index in [0.29, 0.717) is 22.9 Å². The first-order valence-corrected chi connectivity index (χ1v) is 6.72. The standard InChI is InChI=1S/C14H17ClFN3O/c1-4-19-14(11(15)8-18-19)13(17-2)10-6-5-9(20-3)7-12(10)16/h5-8,13,17H,4H2,1-3H3. The minimum atomic E-state index is -0.365. The second kappa shape index (κ2) is 6.24. The van der Waals surface area contributed by atoms with E-state index in [1.807, 2.05) is 6.92 Å². The highest BCUT2D eigenvalue weighted by Gasteiger charge is 2.23. The molecule has 0 spiro atoms. The molecule has 0 aliphatic heterocycles. The molecule has 0 amide bonds. The Balaban J connectivity index is 2.49. The second-order valence-corrected chi connectivity index (χ2v) is 4.71. The maximum Gasteiger partial charge on any atom is 0.132 e. The van der Waals surface area contributed by atoms with Gasteiger partial charge in [-0.15, -0.1) is 0 Å². The SMILES string of the molecule is CCn1ncc(Cl)c1C(NC)c1ccc(OC)cc1F. The number of benzene rings is 1. The summed E-state index contributed by atoms with van der Waals surface area (Å²) in [7, 11) is 3.27. The Morgan fingerprint density at radius 2 is 2.25 bits per heavy atom. The molecule has 0 aliphatic carbocycles. The fourth-order valence-corrected chi connectivity index (χ4v) is 2.47. The van der Waals surface area contributed by atoms with E-state index in [0.717, 1.165) is 5.69 Å². The van der Waals surface area contributed by atoms with Crippen molar-refractivity contribution in [2.75, 3.05) is 14.2 Å². The molecule has 0 radical (unpaired) electrons. The zero-order chi connectivity index (χ0) is 14.7. The van der Waals surface area contributed by atoms with Crippen molar-refractivity contribution >= 4 is 11.6 Å². The van der Waals surface area contributed by atoms with Gasteiger partial charge in [-0.25, -0.2) is 4.39 Å². The molecule has 1 atom stereocenters. The summed E-state index contributed by atoms with van der Waals surface area (Å²) < 4.78 is 21.0. The zero-order valence-corrected chi connectivity index (χ0v) is 12.4. The monoisotopic (exact) mass is 297 g/mol. The molecule has 0 saturated carbocycles. The predicted octanol–water partition coefficient (Wildman–Crippen LogP) is 3.01. The topological polar surface area (TPSA) is 39.1 Å². The van der Waals surface area contributed by atoms with Crippen molar-refractivity contribution < 1.29 is 9.13 Å². The van der Waals surface area contributed by atoms with E-state index < -0.39 is 0 Å². The second-order valence-electron chi connectivity index (χ2n) is 4.30. The van der Waals surface area contributed by atoms with Crippen molar-refractivity contribution in [3.8, 4) is 5.75 Å². The van der Waals surface area contributed by atoms with E-state index in [9.17, 15) is 4.39 Å². The maximum atomic E-state index is 14.2. The van der Waals surface area contributed by atoms with Crippen LogP contribution in [0.5, 0.6) is 5.75 Å². The summed E-state index contributed by atoms with van der Waals surface area (Å²) in [5.41, 5.74) is 1.26. The number of hydrogen-bond donors (Lipinski definition) is 1. The number of aryl methyl sites for hydroxylation is 1. The van der Waals surface area contributed by atoms with Gasteiger partial charge in [-0.2, -0.15) is 5.10 Å². The molecular formula is C14H17ClFN3O. The van der Waals surface area contributed by atoms with Crippen molar-refractivity contribution in [2.24, 2.45) is 0 Å². The normalized spacial score (nSPS) is 12.4. The third kappa shape index (κ3) is 2.64. The predicted molar refractivity (Wildman–Crippen MR) is 76.8 cm³/mol. The van der Waals surface area contributed by atoms with Crippen LogP contribution in [0.2, 0.25) is 5.02 Å². The molecule has 1 unspecified atom stereocenters. The van der Waals surface area contributed by atoms with Crippen molar-refractivity contribution in [1.82, 2.24) is 15.1 Å². The van der Waals surface area contributed by atoms with Gasteiger partial charge in [0.15, 0.2) is 0 Å². The first-order valence-electron chi connectivity index (χ1n) is 6.34. The van der Waals surface area contributed by atoms with E-state index in [2.05, 4.69) is 10.4 Å². The number of methoxy groups -OCH3 is 1. The van der Waals surface area contributed by atoms with Crippen LogP contribution in [-0.4, -0.2) is 23.9 Å². The largest absolute Gasteiger partial charge is 0.497 e. The van der Waals surface area contributed by atoms with Crippen LogP contribution in [0, 0.1) is 5.82 Å². The van der Waals surface area contributed by atoms with Crippen LogP contribution >= 0.6 is 11.6 Å². The fraction of sp³-hybridized carbons (Fsp3) is 0.357. The van der Waals surface area contributed by atoms with Gasteiger partial charge >= 0.3 is 0 Å².